The van der Waals surface area contributed by atoms with Crippen LogP contribution in [0.5, 0.6) is 0 Å². The van der Waals surface area contributed by atoms with Gasteiger partial charge in [0.25, 0.3) is 0 Å². The van der Waals surface area contributed by atoms with Crippen molar-refractivity contribution in [2.45, 2.75) is 52.4 Å². The molecule has 1 aromatic carbocycles. The highest BCUT2D eigenvalue weighted by molar-refractivity contribution is 6.39. The molecule has 0 radical (unpaired) electrons. The summed E-state index contributed by atoms with van der Waals surface area (Å²) in [4.78, 5) is 23.2. The van der Waals surface area contributed by atoms with E-state index in [1.807, 2.05) is 24.3 Å². The zero-order chi connectivity index (χ0) is 13.9. The van der Waals surface area contributed by atoms with E-state index in [-0.39, 0.29) is 29.3 Å². The van der Waals surface area contributed by atoms with Crippen molar-refractivity contribution in [2.75, 3.05) is 0 Å². The van der Waals surface area contributed by atoms with Gasteiger partial charge in [-0.25, -0.2) is 0 Å². The Morgan fingerprint density at radius 1 is 1.11 bits per heavy atom. The third-order valence-corrected chi connectivity index (χ3v) is 3.27. The summed E-state index contributed by atoms with van der Waals surface area (Å²) < 4.78 is 0. The van der Waals surface area contributed by atoms with E-state index in [0.29, 0.717) is 0 Å². The van der Waals surface area contributed by atoms with Crippen molar-refractivity contribution in [3.63, 3.8) is 0 Å². The quantitative estimate of drug-likeness (QED) is 0.760. The molecule has 0 aliphatic carbocycles. The lowest BCUT2D eigenvalue weighted by Gasteiger charge is -2.20. The maximum absolute atomic E-state index is 11.8. The second kappa shape index (κ2) is 5.47. The first-order chi connectivity index (χ1) is 8.27. The Morgan fingerprint density at radius 2 is 1.61 bits per heavy atom. The van der Waals surface area contributed by atoms with Gasteiger partial charge in [0, 0.05) is 12.3 Å². The summed E-state index contributed by atoms with van der Waals surface area (Å²) in [7, 11) is 0. The van der Waals surface area contributed by atoms with Crippen LogP contribution in [0.3, 0.4) is 0 Å². The van der Waals surface area contributed by atoms with E-state index in [4.69, 9.17) is 0 Å². The van der Waals surface area contributed by atoms with Gasteiger partial charge in [-0.1, -0.05) is 58.9 Å². The maximum Gasteiger partial charge on any atom is 0.205 e. The van der Waals surface area contributed by atoms with Gasteiger partial charge in [0.1, 0.15) is 0 Å². The minimum absolute atomic E-state index is 0.102. The fourth-order valence-electron chi connectivity index (χ4n) is 1.84. The summed E-state index contributed by atoms with van der Waals surface area (Å²) in [5.41, 5.74) is 2.24. The molecular weight excluding hydrogens is 224 g/mol. The highest BCUT2D eigenvalue weighted by Crippen LogP contribution is 2.25. The fourth-order valence-corrected chi connectivity index (χ4v) is 1.84. The molecule has 0 amide bonds. The van der Waals surface area contributed by atoms with Crippen LogP contribution in [0.4, 0.5) is 0 Å². The second-order valence-corrected chi connectivity index (χ2v) is 5.73. The number of hydrogen-bond acceptors (Lipinski definition) is 2. The van der Waals surface area contributed by atoms with Crippen molar-refractivity contribution in [1.29, 1.82) is 0 Å². The lowest BCUT2D eigenvalue weighted by Crippen LogP contribution is -2.19. The van der Waals surface area contributed by atoms with E-state index in [2.05, 4.69) is 20.8 Å². The lowest BCUT2D eigenvalue weighted by atomic mass is 9.85. The molecule has 0 aromatic heterocycles. The van der Waals surface area contributed by atoms with Crippen LogP contribution in [0.1, 0.15) is 58.1 Å². The van der Waals surface area contributed by atoms with Gasteiger partial charge in [0.05, 0.1) is 0 Å². The van der Waals surface area contributed by atoms with Crippen LogP contribution in [-0.4, -0.2) is 11.6 Å². The Labute approximate surface area is 109 Å². The summed E-state index contributed by atoms with van der Waals surface area (Å²) in [5, 5.41) is 0. The summed E-state index contributed by atoms with van der Waals surface area (Å²) >= 11 is 0. The molecule has 0 bridgehead atoms. The fraction of sp³-hybridized carbons (Fsp3) is 0.500. The molecule has 0 heterocycles. The van der Waals surface area contributed by atoms with E-state index in [1.165, 1.54) is 5.56 Å². The molecule has 0 aliphatic heterocycles. The largest absolute Gasteiger partial charge is 0.291 e. The molecule has 0 saturated heterocycles. The first-order valence-corrected chi connectivity index (χ1v) is 6.44. The van der Waals surface area contributed by atoms with E-state index in [0.717, 1.165) is 5.56 Å². The zero-order valence-corrected chi connectivity index (χ0v) is 11.9. The maximum atomic E-state index is 11.8. The Balaban J connectivity index is 2.92. The number of carbonyl (C=O) groups excluding carboxylic acids is 2. The van der Waals surface area contributed by atoms with Gasteiger partial charge < -0.3 is 0 Å². The number of ketones is 2. The van der Waals surface area contributed by atoms with Crippen molar-refractivity contribution in [1.82, 2.24) is 0 Å². The molecule has 1 aromatic rings. The number of rotatable bonds is 4. The highest BCUT2D eigenvalue weighted by atomic mass is 16.2. The number of hydrogen-bond donors (Lipinski definition) is 0. The minimum Gasteiger partial charge on any atom is -0.291 e. The standard InChI is InChI=1S/C16H22O2/c1-6-14(17)15(18)11(2)12-7-9-13(10-8-12)16(3,4)5/h7-11H,6H2,1-5H3/t11-/m0/s1. The molecule has 0 spiro atoms. The summed E-state index contributed by atoms with van der Waals surface area (Å²) in [6.07, 6.45) is 0.281. The first kappa shape index (κ1) is 14.6. The van der Waals surface area contributed by atoms with Gasteiger partial charge in [-0.3, -0.25) is 9.59 Å². The third kappa shape index (κ3) is 3.28. The topological polar surface area (TPSA) is 34.1 Å². The van der Waals surface area contributed by atoms with Crippen LogP contribution in [0.2, 0.25) is 0 Å². The molecule has 0 N–H and O–H groups in total. The van der Waals surface area contributed by atoms with Crippen LogP contribution in [0, 0.1) is 0 Å². The predicted molar refractivity (Wildman–Crippen MR) is 73.9 cm³/mol. The van der Waals surface area contributed by atoms with E-state index in [1.54, 1.807) is 13.8 Å². The lowest BCUT2D eigenvalue weighted by molar-refractivity contribution is -0.137. The monoisotopic (exact) mass is 246 g/mol. The molecule has 0 unspecified atom stereocenters. The smallest absolute Gasteiger partial charge is 0.205 e. The molecule has 2 nitrogen and oxygen atoms in total. The van der Waals surface area contributed by atoms with Crippen molar-refractivity contribution in [3.8, 4) is 0 Å². The van der Waals surface area contributed by atoms with Crippen molar-refractivity contribution >= 4 is 11.6 Å². The SMILES string of the molecule is CCC(=O)C(=O)[C@@H](C)c1ccc(C(C)(C)C)cc1. The molecule has 0 fully saturated rings. The molecule has 0 saturated carbocycles. The Morgan fingerprint density at radius 3 is 2.00 bits per heavy atom. The van der Waals surface area contributed by atoms with Crippen LogP contribution in [-0.2, 0) is 15.0 Å². The van der Waals surface area contributed by atoms with E-state index >= 15 is 0 Å². The van der Waals surface area contributed by atoms with E-state index < -0.39 is 0 Å². The van der Waals surface area contributed by atoms with Gasteiger partial charge in [-0.05, 0) is 16.5 Å². The molecule has 18 heavy (non-hydrogen) atoms. The molecular formula is C16H22O2. The number of Topliss-reactive ketones (excluding diaryl/α,β-unsaturated/α-hetero) is 2. The summed E-state index contributed by atoms with van der Waals surface area (Å²) in [6.45, 7) is 9.96. The Hall–Kier alpha value is -1.44. The zero-order valence-electron chi connectivity index (χ0n) is 11.9. The molecule has 1 rings (SSSR count). The average molecular weight is 246 g/mol. The Bertz CT molecular complexity index is 435. The summed E-state index contributed by atoms with van der Waals surface area (Å²) in [6, 6.07) is 7.98. The minimum atomic E-state index is -0.341. The molecule has 0 aliphatic rings. The first-order valence-electron chi connectivity index (χ1n) is 6.44. The molecule has 1 atom stereocenters. The van der Waals surface area contributed by atoms with Crippen molar-refractivity contribution in [3.05, 3.63) is 35.4 Å². The van der Waals surface area contributed by atoms with Crippen LogP contribution in [0.15, 0.2) is 24.3 Å². The molecule has 98 valence electrons. The van der Waals surface area contributed by atoms with Gasteiger partial charge in [-0.2, -0.15) is 0 Å². The number of carbonyl (C=O) groups is 2. The van der Waals surface area contributed by atoms with Crippen molar-refractivity contribution < 1.29 is 9.59 Å². The van der Waals surface area contributed by atoms with Crippen LogP contribution < -0.4 is 0 Å². The van der Waals surface area contributed by atoms with Crippen molar-refractivity contribution in [2.24, 2.45) is 0 Å². The summed E-state index contributed by atoms with van der Waals surface area (Å²) in [5.74, 6) is -0.921. The van der Waals surface area contributed by atoms with Crippen LogP contribution >= 0.6 is 0 Å². The Kier molecular flexibility index (Phi) is 4.44. The van der Waals surface area contributed by atoms with Gasteiger partial charge in [0.15, 0.2) is 5.78 Å². The third-order valence-electron chi connectivity index (χ3n) is 3.27. The van der Waals surface area contributed by atoms with Gasteiger partial charge in [-0.15, -0.1) is 0 Å². The van der Waals surface area contributed by atoms with Crippen LogP contribution in [0.25, 0.3) is 0 Å². The normalized spacial score (nSPS) is 13.2. The molecule has 2 heteroatoms. The average Bonchev–Trinajstić information content (AvgIpc) is 2.35. The van der Waals surface area contributed by atoms with E-state index in [9.17, 15) is 9.59 Å². The predicted octanol–water partition coefficient (Wildman–Crippen LogP) is 3.64. The van der Waals surface area contributed by atoms with Gasteiger partial charge >= 0.3 is 0 Å². The number of benzene rings is 1. The van der Waals surface area contributed by atoms with Gasteiger partial charge in [0.2, 0.25) is 5.78 Å². The highest BCUT2D eigenvalue weighted by Gasteiger charge is 2.21. The second-order valence-electron chi connectivity index (χ2n) is 5.73.